The predicted molar refractivity (Wildman–Crippen MR) is 77.8 cm³/mol. The Balaban J connectivity index is 2.15. The summed E-state index contributed by atoms with van der Waals surface area (Å²) in [6, 6.07) is 9.00. The fourth-order valence-corrected chi connectivity index (χ4v) is 1.89. The third kappa shape index (κ3) is 3.09. The zero-order chi connectivity index (χ0) is 13.8. The zero-order valence-electron chi connectivity index (χ0n) is 11.3. The van der Waals surface area contributed by atoms with Gasteiger partial charge in [0.25, 0.3) is 0 Å². The van der Waals surface area contributed by atoms with Crippen LogP contribution in [-0.4, -0.2) is 16.9 Å². The van der Waals surface area contributed by atoms with Crippen molar-refractivity contribution in [2.24, 2.45) is 11.7 Å². The Morgan fingerprint density at radius 1 is 1.42 bits per heavy atom. The molecule has 0 fully saturated rings. The van der Waals surface area contributed by atoms with Crippen LogP contribution in [0.15, 0.2) is 36.5 Å². The third-order valence-electron chi connectivity index (χ3n) is 3.43. The van der Waals surface area contributed by atoms with Crippen molar-refractivity contribution >= 4 is 22.5 Å². The molecule has 2 aromatic rings. The third-order valence-corrected chi connectivity index (χ3v) is 3.43. The lowest BCUT2D eigenvalue weighted by molar-refractivity contribution is -0.118. The first-order chi connectivity index (χ1) is 9.11. The molecule has 2 rings (SSSR count). The van der Waals surface area contributed by atoms with Gasteiger partial charge in [0, 0.05) is 17.3 Å². The molecule has 1 aromatic heterocycles. The molecule has 0 saturated carbocycles. The van der Waals surface area contributed by atoms with E-state index in [2.05, 4.69) is 10.3 Å². The maximum Gasteiger partial charge on any atom is 0.241 e. The van der Waals surface area contributed by atoms with Gasteiger partial charge in [-0.1, -0.05) is 26.3 Å². The fraction of sp³-hybridized carbons (Fsp3) is 0.333. The van der Waals surface area contributed by atoms with Gasteiger partial charge < -0.3 is 11.1 Å². The molecule has 1 amide bonds. The Hall–Kier alpha value is -1.94. The summed E-state index contributed by atoms with van der Waals surface area (Å²) in [5.74, 6) is 0.0275. The van der Waals surface area contributed by atoms with E-state index in [-0.39, 0.29) is 11.8 Å². The van der Waals surface area contributed by atoms with E-state index < -0.39 is 6.04 Å². The number of aromatic nitrogens is 1. The van der Waals surface area contributed by atoms with Crippen LogP contribution in [0.3, 0.4) is 0 Å². The summed E-state index contributed by atoms with van der Waals surface area (Å²) >= 11 is 0. The van der Waals surface area contributed by atoms with Crippen molar-refractivity contribution < 1.29 is 4.79 Å². The second-order valence-electron chi connectivity index (χ2n) is 4.81. The second kappa shape index (κ2) is 5.80. The highest BCUT2D eigenvalue weighted by Crippen LogP contribution is 2.17. The van der Waals surface area contributed by atoms with Crippen molar-refractivity contribution in [1.29, 1.82) is 0 Å². The average Bonchev–Trinajstić information content (AvgIpc) is 2.45. The predicted octanol–water partition coefficient (Wildman–Crippen LogP) is 2.55. The molecule has 4 nitrogen and oxygen atoms in total. The summed E-state index contributed by atoms with van der Waals surface area (Å²) in [5, 5.41) is 3.85. The number of hydrogen-bond acceptors (Lipinski definition) is 3. The Morgan fingerprint density at radius 2 is 2.21 bits per heavy atom. The maximum atomic E-state index is 12.0. The second-order valence-corrected chi connectivity index (χ2v) is 4.81. The molecule has 0 radical (unpaired) electrons. The SMILES string of the molecule is CCC(C)[C@@H](N)C(=O)Nc1ccc2ncccc2c1. The summed E-state index contributed by atoms with van der Waals surface area (Å²) in [4.78, 5) is 16.2. The quantitative estimate of drug-likeness (QED) is 0.884. The summed E-state index contributed by atoms with van der Waals surface area (Å²) in [5.41, 5.74) is 7.57. The number of rotatable bonds is 4. The Bertz CT molecular complexity index is 582. The molecule has 2 atom stereocenters. The van der Waals surface area contributed by atoms with Gasteiger partial charge in [-0.05, 0) is 30.2 Å². The lowest BCUT2D eigenvalue weighted by Gasteiger charge is -2.17. The minimum atomic E-state index is -0.477. The van der Waals surface area contributed by atoms with Gasteiger partial charge in [0.15, 0.2) is 0 Å². The van der Waals surface area contributed by atoms with Crippen molar-refractivity contribution in [3.05, 3.63) is 36.5 Å². The first-order valence-corrected chi connectivity index (χ1v) is 6.53. The highest BCUT2D eigenvalue weighted by molar-refractivity contribution is 5.96. The summed E-state index contributed by atoms with van der Waals surface area (Å²) in [6.45, 7) is 4.01. The smallest absolute Gasteiger partial charge is 0.241 e. The Labute approximate surface area is 113 Å². The molecule has 4 heteroatoms. The highest BCUT2D eigenvalue weighted by Gasteiger charge is 2.19. The van der Waals surface area contributed by atoms with Crippen LogP contribution in [0.4, 0.5) is 5.69 Å². The van der Waals surface area contributed by atoms with Crippen LogP contribution in [0, 0.1) is 5.92 Å². The van der Waals surface area contributed by atoms with Gasteiger partial charge in [0.2, 0.25) is 5.91 Å². The van der Waals surface area contributed by atoms with Gasteiger partial charge >= 0.3 is 0 Å². The molecule has 3 N–H and O–H groups in total. The van der Waals surface area contributed by atoms with E-state index in [0.717, 1.165) is 23.0 Å². The van der Waals surface area contributed by atoms with Gasteiger partial charge in [-0.25, -0.2) is 0 Å². The minimum absolute atomic E-state index is 0.141. The number of hydrogen-bond donors (Lipinski definition) is 2. The van der Waals surface area contributed by atoms with E-state index in [1.165, 1.54) is 0 Å². The standard InChI is InChI=1S/C15H19N3O/c1-3-10(2)14(16)15(19)18-12-6-7-13-11(9-12)5-4-8-17-13/h4-10,14H,3,16H2,1-2H3,(H,18,19)/t10?,14-/m1/s1. The van der Waals surface area contributed by atoms with Crippen LogP contribution in [0.1, 0.15) is 20.3 Å². The number of carbonyl (C=O) groups is 1. The molecule has 0 aliphatic heterocycles. The van der Waals surface area contributed by atoms with Gasteiger partial charge in [0.1, 0.15) is 0 Å². The molecule has 0 bridgehead atoms. The van der Waals surface area contributed by atoms with E-state index in [4.69, 9.17) is 5.73 Å². The van der Waals surface area contributed by atoms with Crippen molar-refractivity contribution in [2.45, 2.75) is 26.3 Å². The normalized spacial score (nSPS) is 14.1. The maximum absolute atomic E-state index is 12.0. The number of benzene rings is 1. The molecule has 0 saturated heterocycles. The zero-order valence-corrected chi connectivity index (χ0v) is 11.3. The van der Waals surface area contributed by atoms with Crippen LogP contribution in [0.25, 0.3) is 10.9 Å². The van der Waals surface area contributed by atoms with Crippen molar-refractivity contribution in [1.82, 2.24) is 4.98 Å². The van der Waals surface area contributed by atoms with Gasteiger partial charge in [-0.3, -0.25) is 9.78 Å². The number of nitrogens with zero attached hydrogens (tertiary/aromatic N) is 1. The van der Waals surface area contributed by atoms with E-state index in [9.17, 15) is 4.79 Å². The largest absolute Gasteiger partial charge is 0.325 e. The topological polar surface area (TPSA) is 68.0 Å². The number of anilines is 1. The van der Waals surface area contributed by atoms with E-state index >= 15 is 0 Å². The summed E-state index contributed by atoms with van der Waals surface area (Å²) in [7, 11) is 0. The van der Waals surface area contributed by atoms with Crippen LogP contribution < -0.4 is 11.1 Å². The van der Waals surface area contributed by atoms with Gasteiger partial charge in [0.05, 0.1) is 11.6 Å². The molecular formula is C15H19N3O. The first-order valence-electron chi connectivity index (χ1n) is 6.53. The molecular weight excluding hydrogens is 238 g/mol. The molecule has 1 unspecified atom stereocenters. The monoisotopic (exact) mass is 257 g/mol. The molecule has 1 heterocycles. The van der Waals surface area contributed by atoms with Crippen molar-refractivity contribution in [3.8, 4) is 0 Å². The number of nitrogens with two attached hydrogens (primary N) is 1. The molecule has 0 spiro atoms. The summed E-state index contributed by atoms with van der Waals surface area (Å²) in [6.07, 6.45) is 2.63. The molecule has 100 valence electrons. The van der Waals surface area contributed by atoms with E-state index in [0.29, 0.717) is 0 Å². The Kier molecular flexibility index (Phi) is 4.12. The lowest BCUT2D eigenvalue weighted by Crippen LogP contribution is -2.40. The minimum Gasteiger partial charge on any atom is -0.325 e. The average molecular weight is 257 g/mol. The van der Waals surface area contributed by atoms with Crippen molar-refractivity contribution in [2.75, 3.05) is 5.32 Å². The number of amides is 1. The van der Waals surface area contributed by atoms with Gasteiger partial charge in [-0.15, -0.1) is 0 Å². The first kappa shape index (κ1) is 13.5. The number of carbonyl (C=O) groups excluding carboxylic acids is 1. The number of nitrogens with one attached hydrogen (secondary N) is 1. The lowest BCUT2D eigenvalue weighted by atomic mass is 9.99. The molecule has 19 heavy (non-hydrogen) atoms. The van der Waals surface area contributed by atoms with Gasteiger partial charge in [-0.2, -0.15) is 0 Å². The fourth-order valence-electron chi connectivity index (χ4n) is 1.89. The van der Waals surface area contributed by atoms with E-state index in [1.54, 1.807) is 6.20 Å². The van der Waals surface area contributed by atoms with E-state index in [1.807, 2.05) is 44.2 Å². The number of fused-ring (bicyclic) bond motifs is 1. The van der Waals surface area contributed by atoms with Crippen molar-refractivity contribution in [3.63, 3.8) is 0 Å². The van der Waals surface area contributed by atoms with Crippen LogP contribution >= 0.6 is 0 Å². The van der Waals surface area contributed by atoms with Crippen LogP contribution in [0.2, 0.25) is 0 Å². The Morgan fingerprint density at radius 3 is 2.95 bits per heavy atom. The van der Waals surface area contributed by atoms with Crippen LogP contribution in [-0.2, 0) is 4.79 Å². The highest BCUT2D eigenvalue weighted by atomic mass is 16.2. The molecule has 0 aliphatic carbocycles. The summed E-state index contributed by atoms with van der Waals surface area (Å²) < 4.78 is 0. The number of pyridine rings is 1. The molecule has 1 aromatic carbocycles. The van der Waals surface area contributed by atoms with Crippen LogP contribution in [0.5, 0.6) is 0 Å². The molecule has 0 aliphatic rings.